The minimum absolute atomic E-state index is 0.0639. The lowest BCUT2D eigenvalue weighted by Gasteiger charge is -2.70. The molecule has 0 unspecified atom stereocenters. The van der Waals surface area contributed by atoms with Gasteiger partial charge < -0.3 is 24.5 Å². The Morgan fingerprint density at radius 1 is 0.903 bits per heavy atom. The summed E-state index contributed by atoms with van der Waals surface area (Å²) in [5.41, 5.74) is -0.293. The monoisotopic (exact) mass is 430 g/mol. The first kappa shape index (κ1) is 20.7. The highest BCUT2D eigenvalue weighted by molar-refractivity contribution is 5.39. The van der Waals surface area contributed by atoms with Crippen LogP contribution in [0.15, 0.2) is 23.0 Å². The van der Waals surface area contributed by atoms with Crippen LogP contribution in [0.4, 0.5) is 0 Å². The summed E-state index contributed by atoms with van der Waals surface area (Å²) < 4.78 is 12.1. The van der Waals surface area contributed by atoms with E-state index in [1.54, 1.807) is 6.26 Å². The largest absolute Gasteiger partial charge is 0.472 e. The Morgan fingerprint density at radius 2 is 1.65 bits per heavy atom. The number of hydrogen-bond donors (Lipinski definition) is 3. The molecule has 1 saturated heterocycles. The molecular formula is C26H38O5. The van der Waals surface area contributed by atoms with Crippen LogP contribution in [0.5, 0.6) is 0 Å². The molecule has 5 fully saturated rings. The van der Waals surface area contributed by atoms with Gasteiger partial charge in [-0.3, -0.25) is 0 Å². The summed E-state index contributed by atoms with van der Waals surface area (Å²) in [6, 6.07) is 2.09. The Kier molecular flexibility index (Phi) is 3.86. The first-order valence-electron chi connectivity index (χ1n) is 12.2. The summed E-state index contributed by atoms with van der Waals surface area (Å²) in [6.07, 6.45) is 6.13. The standard InChI is InChI=1S/C26H38O5/c1-22(2)17-11-20(29)25(5)16(24(17,4)19(28)12-18(22)27)6-8-23(3)15(14-7-9-30-13-14)10-21-26(23,25)31-21/h7,9,13,15-21,27-29H,6,8,10-12H2,1-5H3/t15-,16+,17-,18+,19-,20+,21+,23-,24+,25-,26+/m0/s1. The van der Waals surface area contributed by atoms with E-state index in [2.05, 4.69) is 40.7 Å². The molecule has 6 rings (SSSR count). The number of aliphatic hydroxyl groups excluding tert-OH is 3. The van der Waals surface area contributed by atoms with Gasteiger partial charge in [-0.2, -0.15) is 0 Å². The fraction of sp³-hybridized carbons (Fsp3) is 0.846. The second-order valence-electron chi connectivity index (χ2n) is 12.7. The van der Waals surface area contributed by atoms with Crippen molar-refractivity contribution in [2.75, 3.05) is 0 Å². The number of aliphatic hydroxyl groups is 3. The number of furan rings is 1. The van der Waals surface area contributed by atoms with Crippen molar-refractivity contribution in [2.24, 2.45) is 33.5 Å². The summed E-state index contributed by atoms with van der Waals surface area (Å²) in [7, 11) is 0. The molecule has 5 aliphatic rings. The van der Waals surface area contributed by atoms with Crippen molar-refractivity contribution < 1.29 is 24.5 Å². The quantitative estimate of drug-likeness (QED) is 0.589. The molecule has 5 heteroatoms. The molecule has 0 radical (unpaired) electrons. The molecule has 4 aliphatic carbocycles. The van der Waals surface area contributed by atoms with E-state index in [9.17, 15) is 15.3 Å². The van der Waals surface area contributed by atoms with Crippen LogP contribution in [0, 0.1) is 33.5 Å². The smallest absolute Gasteiger partial charge is 0.109 e. The molecule has 1 aromatic rings. The lowest BCUT2D eigenvalue weighted by Crippen LogP contribution is -2.73. The highest BCUT2D eigenvalue weighted by Gasteiger charge is 2.87. The molecule has 1 aromatic heterocycles. The van der Waals surface area contributed by atoms with E-state index < -0.39 is 23.7 Å². The first-order valence-corrected chi connectivity index (χ1v) is 12.2. The fourth-order valence-electron chi connectivity index (χ4n) is 10.0. The zero-order valence-electron chi connectivity index (χ0n) is 19.5. The molecular weight excluding hydrogens is 392 g/mol. The molecule has 11 atom stereocenters. The molecule has 1 aliphatic heterocycles. The molecule has 0 bridgehead atoms. The zero-order chi connectivity index (χ0) is 22.2. The van der Waals surface area contributed by atoms with Gasteiger partial charge in [-0.25, -0.2) is 0 Å². The Bertz CT molecular complexity index is 896. The number of ether oxygens (including phenoxy) is 1. The molecule has 5 nitrogen and oxygen atoms in total. The van der Waals surface area contributed by atoms with Crippen molar-refractivity contribution >= 4 is 0 Å². The van der Waals surface area contributed by atoms with Gasteiger partial charge in [-0.05, 0) is 60.5 Å². The Morgan fingerprint density at radius 3 is 2.32 bits per heavy atom. The fourth-order valence-corrected chi connectivity index (χ4v) is 10.0. The van der Waals surface area contributed by atoms with Crippen LogP contribution >= 0.6 is 0 Å². The number of fused-ring (bicyclic) bond motifs is 3. The predicted molar refractivity (Wildman–Crippen MR) is 115 cm³/mol. The molecule has 2 heterocycles. The van der Waals surface area contributed by atoms with Crippen LogP contribution in [0.2, 0.25) is 0 Å². The summed E-state index contributed by atoms with van der Waals surface area (Å²) >= 11 is 0. The lowest BCUT2D eigenvalue weighted by atomic mass is 9.35. The second-order valence-corrected chi connectivity index (χ2v) is 12.7. The number of epoxide rings is 1. The Balaban J connectivity index is 1.48. The summed E-state index contributed by atoms with van der Waals surface area (Å²) in [6.45, 7) is 11.1. The Labute approximate surface area is 185 Å². The van der Waals surface area contributed by atoms with Gasteiger partial charge in [0.25, 0.3) is 0 Å². The van der Waals surface area contributed by atoms with Gasteiger partial charge >= 0.3 is 0 Å². The van der Waals surface area contributed by atoms with E-state index in [0.29, 0.717) is 18.8 Å². The van der Waals surface area contributed by atoms with E-state index in [1.165, 1.54) is 5.56 Å². The second kappa shape index (κ2) is 5.78. The average Bonchev–Trinajstić information content (AvgIpc) is 3.07. The van der Waals surface area contributed by atoms with Crippen LogP contribution in [-0.2, 0) is 4.74 Å². The van der Waals surface area contributed by atoms with Gasteiger partial charge in [-0.15, -0.1) is 0 Å². The molecule has 3 N–H and O–H groups in total. The maximum absolute atomic E-state index is 11.8. The zero-order valence-corrected chi connectivity index (χ0v) is 19.5. The number of rotatable bonds is 1. The maximum Gasteiger partial charge on any atom is 0.109 e. The molecule has 31 heavy (non-hydrogen) atoms. The van der Waals surface area contributed by atoms with Crippen LogP contribution in [-0.4, -0.2) is 45.3 Å². The van der Waals surface area contributed by atoms with Crippen LogP contribution in [0.1, 0.15) is 78.2 Å². The summed E-state index contributed by atoms with van der Waals surface area (Å²) in [4.78, 5) is 0. The normalized spacial score (nSPS) is 59.3. The van der Waals surface area contributed by atoms with Crippen molar-refractivity contribution in [3.05, 3.63) is 24.2 Å². The average molecular weight is 431 g/mol. The predicted octanol–water partition coefficient (Wildman–Crippen LogP) is 3.87. The van der Waals surface area contributed by atoms with Gasteiger partial charge in [0.05, 0.1) is 36.9 Å². The van der Waals surface area contributed by atoms with Gasteiger partial charge in [-0.1, -0.05) is 34.6 Å². The van der Waals surface area contributed by atoms with Crippen LogP contribution in [0.25, 0.3) is 0 Å². The highest BCUT2D eigenvalue weighted by Crippen LogP contribution is 2.82. The van der Waals surface area contributed by atoms with Gasteiger partial charge in [0.15, 0.2) is 0 Å². The van der Waals surface area contributed by atoms with Gasteiger partial charge in [0.2, 0.25) is 0 Å². The topological polar surface area (TPSA) is 86.4 Å². The van der Waals surface area contributed by atoms with Gasteiger partial charge in [0.1, 0.15) is 5.60 Å². The minimum atomic E-state index is -0.568. The van der Waals surface area contributed by atoms with E-state index in [0.717, 1.165) is 19.3 Å². The lowest BCUT2D eigenvalue weighted by molar-refractivity contribution is -0.283. The first-order chi connectivity index (χ1) is 14.5. The molecule has 0 amide bonds. The van der Waals surface area contributed by atoms with Crippen molar-refractivity contribution in [1.82, 2.24) is 0 Å². The SMILES string of the molecule is CC1(C)[C@H](O)C[C@H](O)[C@]2(C)[C@H]3CC[C@@]4(C)[C@H](c5ccoc5)C[C@H]5O[C@]54[C@]3(C)[C@H](O)C[C@@H]12. The van der Waals surface area contributed by atoms with Crippen molar-refractivity contribution in [3.8, 4) is 0 Å². The Hall–Kier alpha value is -0.880. The minimum Gasteiger partial charge on any atom is -0.472 e. The van der Waals surface area contributed by atoms with Crippen LogP contribution < -0.4 is 0 Å². The van der Waals surface area contributed by atoms with Crippen LogP contribution in [0.3, 0.4) is 0 Å². The number of hydrogen-bond acceptors (Lipinski definition) is 5. The molecule has 4 saturated carbocycles. The van der Waals surface area contributed by atoms with Crippen molar-refractivity contribution in [2.45, 2.75) is 103 Å². The molecule has 172 valence electrons. The van der Waals surface area contributed by atoms with E-state index in [1.807, 2.05) is 6.26 Å². The van der Waals surface area contributed by atoms with E-state index in [4.69, 9.17) is 9.15 Å². The third kappa shape index (κ3) is 2.01. The molecule has 1 spiro atoms. The summed E-state index contributed by atoms with van der Waals surface area (Å²) in [5.74, 6) is 0.586. The van der Waals surface area contributed by atoms with Crippen molar-refractivity contribution in [1.29, 1.82) is 0 Å². The third-order valence-electron chi connectivity index (χ3n) is 11.8. The van der Waals surface area contributed by atoms with Gasteiger partial charge in [0, 0.05) is 22.7 Å². The summed E-state index contributed by atoms with van der Waals surface area (Å²) in [5, 5.41) is 34.1. The van der Waals surface area contributed by atoms with E-state index in [-0.39, 0.29) is 39.8 Å². The van der Waals surface area contributed by atoms with E-state index >= 15 is 0 Å². The highest BCUT2D eigenvalue weighted by atomic mass is 16.6. The van der Waals surface area contributed by atoms with Crippen molar-refractivity contribution in [3.63, 3.8) is 0 Å². The maximum atomic E-state index is 11.8. The third-order valence-corrected chi connectivity index (χ3v) is 11.8. The molecule has 0 aromatic carbocycles.